The topological polar surface area (TPSA) is 118 Å². The van der Waals surface area contributed by atoms with Crippen LogP contribution in [-0.4, -0.2) is 73.8 Å². The highest BCUT2D eigenvalue weighted by molar-refractivity contribution is 5.72. The summed E-state index contributed by atoms with van der Waals surface area (Å²) in [6, 6.07) is 5.04. The number of halogens is 1. The maximum absolute atomic E-state index is 16.0. The predicted octanol–water partition coefficient (Wildman–Crippen LogP) is 4.09. The molecule has 11 heteroatoms. The van der Waals surface area contributed by atoms with Crippen molar-refractivity contribution >= 4 is 5.95 Å². The SMILES string of the molecule is COc1ncc(-c2ccc(-c3cnc(N(C4CC4)[C@@H]4C[C@@]5(C)CCC[C@](C)(N5)[C@@H]4F)nn3)c(O)c2)nc1OC. The Bertz CT molecular complexity index is 1370. The van der Waals surface area contributed by atoms with Crippen LogP contribution < -0.4 is 19.7 Å². The first-order valence-electron chi connectivity index (χ1n) is 13.4. The summed E-state index contributed by atoms with van der Waals surface area (Å²) in [4.78, 5) is 15.3. The zero-order valence-corrected chi connectivity index (χ0v) is 22.7. The summed E-state index contributed by atoms with van der Waals surface area (Å²) in [5.41, 5.74) is 1.42. The number of alkyl halides is 1. The number of rotatable bonds is 7. The Balaban J connectivity index is 1.26. The van der Waals surface area contributed by atoms with E-state index in [1.165, 1.54) is 14.2 Å². The summed E-state index contributed by atoms with van der Waals surface area (Å²) in [6.07, 6.45) is 7.69. The fourth-order valence-electron chi connectivity index (χ4n) is 6.38. The van der Waals surface area contributed by atoms with Gasteiger partial charge in [-0.2, -0.15) is 0 Å². The van der Waals surface area contributed by atoms with Crippen LogP contribution in [0.1, 0.15) is 52.4 Å². The van der Waals surface area contributed by atoms with E-state index in [1.807, 2.05) is 6.92 Å². The molecule has 0 unspecified atom stereocenters. The number of piperidine rings is 2. The number of phenolic OH excluding ortho intramolecular Hbond substituents is 1. The van der Waals surface area contributed by atoms with Crippen molar-refractivity contribution in [3.05, 3.63) is 30.6 Å². The Hall–Kier alpha value is -3.60. The van der Waals surface area contributed by atoms with E-state index in [0.717, 1.165) is 32.1 Å². The maximum atomic E-state index is 16.0. The lowest BCUT2D eigenvalue weighted by Crippen LogP contribution is -2.73. The molecule has 10 nitrogen and oxygen atoms in total. The summed E-state index contributed by atoms with van der Waals surface area (Å²) in [6.45, 7) is 4.21. The average Bonchev–Trinajstić information content (AvgIpc) is 3.77. The van der Waals surface area contributed by atoms with Crippen LogP contribution in [0, 0.1) is 0 Å². The van der Waals surface area contributed by atoms with Crippen LogP contribution in [0.15, 0.2) is 30.6 Å². The Kier molecular flexibility index (Phi) is 6.28. The van der Waals surface area contributed by atoms with Crippen molar-refractivity contribution in [1.82, 2.24) is 30.5 Å². The molecule has 39 heavy (non-hydrogen) atoms. The lowest BCUT2D eigenvalue weighted by molar-refractivity contribution is 0.0000874. The van der Waals surface area contributed by atoms with Crippen LogP contribution >= 0.6 is 0 Å². The normalized spacial score (nSPS) is 28.1. The Morgan fingerprint density at radius 3 is 2.46 bits per heavy atom. The minimum absolute atomic E-state index is 0.00263. The number of hydrogen-bond acceptors (Lipinski definition) is 10. The number of aromatic hydroxyl groups is 1. The number of ether oxygens (including phenoxy) is 2. The quantitative estimate of drug-likeness (QED) is 0.458. The molecule has 2 saturated heterocycles. The molecule has 2 bridgehead atoms. The third kappa shape index (κ3) is 4.62. The van der Waals surface area contributed by atoms with E-state index < -0.39 is 11.7 Å². The molecule has 3 fully saturated rings. The Morgan fingerprint density at radius 2 is 1.79 bits per heavy atom. The summed E-state index contributed by atoms with van der Waals surface area (Å²) in [5, 5.41) is 23.3. The smallest absolute Gasteiger partial charge is 0.278 e. The van der Waals surface area contributed by atoms with Gasteiger partial charge in [-0.05, 0) is 64.5 Å². The standard InChI is InChI=1S/C28H34FN7O3/c1-27-10-5-11-28(2,35-27)23(29)21(13-27)36(17-7-8-17)26-31-15-20(33-34-26)18-9-6-16(12-22(18)37)19-14-30-24(38-3)25(32-19)39-4/h6,9,12,14-15,17,21,23,35,37H,5,7-8,10-11,13H2,1-4H3/t21-,23-,27-,28+/m1/s1. The number of phenols is 1. The molecule has 2 N–H and O–H groups in total. The van der Waals surface area contributed by atoms with Crippen molar-refractivity contribution in [1.29, 1.82) is 0 Å². The van der Waals surface area contributed by atoms with E-state index in [-0.39, 0.29) is 35.1 Å². The van der Waals surface area contributed by atoms with Crippen LogP contribution in [0.3, 0.4) is 0 Å². The maximum Gasteiger partial charge on any atom is 0.278 e. The van der Waals surface area contributed by atoms with Crippen LogP contribution in [0.5, 0.6) is 17.5 Å². The first kappa shape index (κ1) is 25.7. The Morgan fingerprint density at radius 1 is 1.03 bits per heavy atom. The number of anilines is 1. The number of nitrogens with one attached hydrogen (secondary N) is 1. The minimum Gasteiger partial charge on any atom is -0.507 e. The minimum atomic E-state index is -1.04. The molecule has 1 saturated carbocycles. The van der Waals surface area contributed by atoms with Gasteiger partial charge in [0.15, 0.2) is 0 Å². The third-order valence-corrected chi connectivity index (χ3v) is 8.36. The second-order valence-electron chi connectivity index (χ2n) is 11.4. The first-order valence-corrected chi connectivity index (χ1v) is 13.4. The first-order chi connectivity index (χ1) is 18.7. The number of aromatic nitrogens is 5. The molecule has 0 spiro atoms. The molecule has 2 aliphatic heterocycles. The van der Waals surface area contributed by atoms with E-state index in [1.54, 1.807) is 30.6 Å². The number of hydrogen-bond donors (Lipinski definition) is 2. The molecule has 0 amide bonds. The average molecular weight is 536 g/mol. The van der Waals surface area contributed by atoms with Gasteiger partial charge in [-0.3, -0.25) is 0 Å². The van der Waals surface area contributed by atoms with Crippen LogP contribution in [0.2, 0.25) is 0 Å². The summed E-state index contributed by atoms with van der Waals surface area (Å²) < 4.78 is 26.4. The third-order valence-electron chi connectivity index (χ3n) is 8.36. The molecule has 4 atom stereocenters. The number of benzene rings is 1. The van der Waals surface area contributed by atoms with Crippen molar-refractivity contribution in [2.24, 2.45) is 0 Å². The summed E-state index contributed by atoms with van der Waals surface area (Å²) >= 11 is 0. The van der Waals surface area contributed by atoms with Gasteiger partial charge in [0.2, 0.25) is 5.95 Å². The monoisotopic (exact) mass is 535 g/mol. The lowest BCUT2D eigenvalue weighted by atomic mass is 9.68. The van der Waals surface area contributed by atoms with Crippen molar-refractivity contribution in [3.8, 4) is 40.0 Å². The fraction of sp³-hybridized carbons (Fsp3) is 0.536. The van der Waals surface area contributed by atoms with Crippen LogP contribution in [0.4, 0.5) is 10.3 Å². The molecule has 2 aromatic heterocycles. The number of nitrogens with zero attached hydrogens (tertiary/aromatic N) is 6. The van der Waals surface area contributed by atoms with E-state index in [0.29, 0.717) is 34.9 Å². The molecule has 0 radical (unpaired) electrons. The van der Waals surface area contributed by atoms with Gasteiger partial charge in [0.1, 0.15) is 17.6 Å². The van der Waals surface area contributed by atoms with Crippen LogP contribution in [-0.2, 0) is 0 Å². The summed E-state index contributed by atoms with van der Waals surface area (Å²) in [5.74, 6) is 0.972. The molecule has 6 rings (SSSR count). The zero-order valence-electron chi connectivity index (χ0n) is 22.7. The van der Waals surface area contributed by atoms with Gasteiger partial charge in [0, 0.05) is 28.2 Å². The van der Waals surface area contributed by atoms with Crippen molar-refractivity contribution < 1.29 is 19.0 Å². The van der Waals surface area contributed by atoms with Crippen molar-refractivity contribution in [3.63, 3.8) is 0 Å². The number of methoxy groups -OCH3 is 2. The van der Waals surface area contributed by atoms with Gasteiger partial charge < -0.3 is 24.8 Å². The van der Waals surface area contributed by atoms with Crippen molar-refractivity contribution in [2.45, 2.75) is 81.7 Å². The molecule has 206 valence electrons. The van der Waals surface area contributed by atoms with Gasteiger partial charge in [-0.25, -0.2) is 19.3 Å². The van der Waals surface area contributed by atoms with E-state index >= 15 is 4.39 Å². The van der Waals surface area contributed by atoms with Crippen molar-refractivity contribution in [2.75, 3.05) is 19.1 Å². The van der Waals surface area contributed by atoms with Gasteiger partial charge in [0.25, 0.3) is 11.8 Å². The zero-order chi connectivity index (χ0) is 27.4. The molecule has 3 aliphatic rings. The highest BCUT2D eigenvalue weighted by Gasteiger charge is 2.56. The Labute approximate surface area is 227 Å². The second-order valence-corrected chi connectivity index (χ2v) is 11.4. The van der Waals surface area contributed by atoms with Gasteiger partial charge in [0.05, 0.1) is 38.3 Å². The van der Waals surface area contributed by atoms with Crippen LogP contribution in [0.25, 0.3) is 22.5 Å². The molecule has 1 aliphatic carbocycles. The summed E-state index contributed by atoms with van der Waals surface area (Å²) in [7, 11) is 2.98. The number of fused-ring (bicyclic) bond motifs is 2. The van der Waals surface area contributed by atoms with E-state index in [9.17, 15) is 5.11 Å². The largest absolute Gasteiger partial charge is 0.507 e. The van der Waals surface area contributed by atoms with Gasteiger partial charge in [-0.15, -0.1) is 10.2 Å². The van der Waals surface area contributed by atoms with Gasteiger partial charge in [-0.1, -0.05) is 6.07 Å². The van der Waals surface area contributed by atoms with Gasteiger partial charge >= 0.3 is 0 Å². The molecular weight excluding hydrogens is 501 g/mol. The van der Waals surface area contributed by atoms with E-state index in [4.69, 9.17) is 9.47 Å². The van der Waals surface area contributed by atoms with E-state index in [2.05, 4.69) is 42.3 Å². The molecule has 1 aromatic carbocycles. The highest BCUT2D eigenvalue weighted by Crippen LogP contribution is 2.46. The molecule has 4 heterocycles. The highest BCUT2D eigenvalue weighted by atomic mass is 19.1. The molecule has 3 aromatic rings. The molecular formula is C28H34FN7O3. The second kappa shape index (κ2) is 9.55. The predicted molar refractivity (Wildman–Crippen MR) is 144 cm³/mol. The fourth-order valence-corrected chi connectivity index (χ4v) is 6.38. The lowest BCUT2D eigenvalue weighted by Gasteiger charge is -2.57.